The van der Waals surface area contributed by atoms with Crippen molar-refractivity contribution in [2.24, 2.45) is 0 Å². The first kappa shape index (κ1) is 14.6. The normalized spacial score (nSPS) is 15.4. The molecule has 1 saturated heterocycles. The van der Waals surface area contributed by atoms with E-state index in [1.807, 2.05) is 18.2 Å². The maximum absolute atomic E-state index is 13.8. The molecule has 2 aromatic rings. The van der Waals surface area contributed by atoms with Gasteiger partial charge in [0.2, 0.25) is 0 Å². The Balaban J connectivity index is 1.72. The molecule has 0 amide bonds. The van der Waals surface area contributed by atoms with Crippen LogP contribution in [-0.2, 0) is 0 Å². The van der Waals surface area contributed by atoms with Gasteiger partial charge in [-0.2, -0.15) is 0 Å². The average Bonchev–Trinajstić information content (AvgIpc) is 2.48. The molecule has 2 heterocycles. The number of hydrogen-bond acceptors (Lipinski definition) is 3. The molecule has 3 nitrogen and oxygen atoms in total. The molecule has 0 unspecified atom stereocenters. The van der Waals surface area contributed by atoms with Crippen molar-refractivity contribution in [1.29, 1.82) is 0 Å². The van der Waals surface area contributed by atoms with Crippen LogP contribution in [0.5, 0.6) is 0 Å². The second-order valence-corrected chi connectivity index (χ2v) is 6.18. The summed E-state index contributed by atoms with van der Waals surface area (Å²) in [5.74, 6) is 0.712. The van der Waals surface area contributed by atoms with Crippen LogP contribution in [0.3, 0.4) is 0 Å². The van der Waals surface area contributed by atoms with E-state index in [2.05, 4.69) is 30.7 Å². The molecule has 1 aliphatic heterocycles. The van der Waals surface area contributed by atoms with Crippen LogP contribution in [0.4, 0.5) is 15.9 Å². The van der Waals surface area contributed by atoms with Crippen molar-refractivity contribution in [3.05, 3.63) is 51.8 Å². The fourth-order valence-corrected chi connectivity index (χ4v) is 3.40. The zero-order chi connectivity index (χ0) is 14.8. The molecule has 110 valence electrons. The highest BCUT2D eigenvalue weighted by Crippen LogP contribution is 2.28. The van der Waals surface area contributed by atoms with Gasteiger partial charge in [0.15, 0.2) is 0 Å². The molecule has 0 spiro atoms. The van der Waals surface area contributed by atoms with Gasteiger partial charge in [-0.3, -0.25) is 0 Å². The van der Waals surface area contributed by atoms with Crippen molar-refractivity contribution in [2.75, 3.05) is 36.0 Å². The van der Waals surface area contributed by atoms with Crippen molar-refractivity contribution in [1.82, 2.24) is 4.98 Å². The quantitative estimate of drug-likeness (QED) is 0.797. The Morgan fingerprint density at radius 1 is 1.10 bits per heavy atom. The Hall–Kier alpha value is -1.33. The van der Waals surface area contributed by atoms with Crippen LogP contribution in [0.15, 0.2) is 41.0 Å². The number of anilines is 2. The van der Waals surface area contributed by atoms with Gasteiger partial charge in [0.25, 0.3) is 0 Å². The first-order chi connectivity index (χ1) is 10.1. The largest absolute Gasteiger partial charge is 0.366 e. The summed E-state index contributed by atoms with van der Waals surface area (Å²) < 4.78 is 14.7. The fourth-order valence-electron chi connectivity index (χ4n) is 2.51. The van der Waals surface area contributed by atoms with E-state index in [-0.39, 0.29) is 5.82 Å². The van der Waals surface area contributed by atoms with Crippen molar-refractivity contribution < 1.29 is 4.39 Å². The van der Waals surface area contributed by atoms with Crippen LogP contribution in [0.2, 0.25) is 5.02 Å². The standard InChI is InChI=1S/C15H14BrClFN3/c16-12-9-11(17)10-19-15(12)21-7-5-20(6-8-21)14-4-2-1-3-13(14)18/h1-4,9-10H,5-8H2. The third kappa shape index (κ3) is 3.14. The van der Waals surface area contributed by atoms with Gasteiger partial charge in [-0.05, 0) is 34.1 Å². The van der Waals surface area contributed by atoms with Crippen LogP contribution in [0.25, 0.3) is 0 Å². The molecule has 1 fully saturated rings. The van der Waals surface area contributed by atoms with E-state index in [1.165, 1.54) is 6.07 Å². The van der Waals surface area contributed by atoms with E-state index in [4.69, 9.17) is 11.6 Å². The molecule has 1 aromatic heterocycles. The van der Waals surface area contributed by atoms with Gasteiger partial charge < -0.3 is 9.80 Å². The molecule has 0 N–H and O–H groups in total. The molecule has 0 bridgehead atoms. The maximum atomic E-state index is 13.8. The van der Waals surface area contributed by atoms with E-state index in [9.17, 15) is 4.39 Å². The lowest BCUT2D eigenvalue weighted by Gasteiger charge is -2.37. The van der Waals surface area contributed by atoms with Crippen LogP contribution < -0.4 is 9.80 Å². The smallest absolute Gasteiger partial charge is 0.146 e. The Kier molecular flexibility index (Phi) is 4.31. The van der Waals surface area contributed by atoms with Gasteiger partial charge in [-0.25, -0.2) is 9.37 Å². The summed E-state index contributed by atoms with van der Waals surface area (Å²) in [6.07, 6.45) is 1.64. The number of benzene rings is 1. The second kappa shape index (κ2) is 6.20. The minimum Gasteiger partial charge on any atom is -0.366 e. The highest BCUT2D eigenvalue weighted by molar-refractivity contribution is 9.10. The number of para-hydroxylation sites is 1. The van der Waals surface area contributed by atoms with E-state index < -0.39 is 0 Å². The Morgan fingerprint density at radius 2 is 1.76 bits per heavy atom. The summed E-state index contributed by atoms with van der Waals surface area (Å²) in [5, 5.41) is 0.607. The van der Waals surface area contributed by atoms with Crippen LogP contribution in [0, 0.1) is 5.82 Å². The molecule has 1 aliphatic rings. The van der Waals surface area contributed by atoms with Crippen LogP contribution >= 0.6 is 27.5 Å². The Labute approximate surface area is 136 Å². The van der Waals surface area contributed by atoms with Crippen LogP contribution in [-0.4, -0.2) is 31.2 Å². The number of nitrogens with zero attached hydrogens (tertiary/aromatic N) is 3. The topological polar surface area (TPSA) is 19.4 Å². The van der Waals surface area contributed by atoms with E-state index >= 15 is 0 Å². The first-order valence-corrected chi connectivity index (χ1v) is 7.88. The average molecular weight is 371 g/mol. The number of hydrogen-bond donors (Lipinski definition) is 0. The summed E-state index contributed by atoms with van der Waals surface area (Å²) >= 11 is 9.41. The van der Waals surface area contributed by atoms with Crippen molar-refractivity contribution in [2.45, 2.75) is 0 Å². The minimum atomic E-state index is -0.170. The molecule has 21 heavy (non-hydrogen) atoms. The number of piperazine rings is 1. The number of pyridine rings is 1. The lowest BCUT2D eigenvalue weighted by Crippen LogP contribution is -2.47. The zero-order valence-electron chi connectivity index (χ0n) is 11.3. The summed E-state index contributed by atoms with van der Waals surface area (Å²) in [4.78, 5) is 8.61. The lowest BCUT2D eigenvalue weighted by atomic mass is 10.2. The van der Waals surface area contributed by atoms with E-state index in [0.717, 1.165) is 36.5 Å². The van der Waals surface area contributed by atoms with E-state index in [0.29, 0.717) is 10.7 Å². The molecule has 0 radical (unpaired) electrons. The van der Waals surface area contributed by atoms with Gasteiger partial charge in [-0.15, -0.1) is 0 Å². The molecular formula is C15H14BrClFN3. The summed E-state index contributed by atoms with van der Waals surface area (Å²) in [6, 6.07) is 8.74. The predicted molar refractivity (Wildman–Crippen MR) is 87.8 cm³/mol. The minimum absolute atomic E-state index is 0.170. The third-order valence-electron chi connectivity index (χ3n) is 3.56. The van der Waals surface area contributed by atoms with Crippen molar-refractivity contribution in [3.63, 3.8) is 0 Å². The molecule has 6 heteroatoms. The molecule has 3 rings (SSSR count). The molecule has 0 aliphatic carbocycles. The van der Waals surface area contributed by atoms with Gasteiger partial charge in [0, 0.05) is 32.4 Å². The van der Waals surface area contributed by atoms with Crippen molar-refractivity contribution >= 4 is 39.0 Å². The highest BCUT2D eigenvalue weighted by atomic mass is 79.9. The van der Waals surface area contributed by atoms with E-state index in [1.54, 1.807) is 12.3 Å². The zero-order valence-corrected chi connectivity index (χ0v) is 13.6. The number of rotatable bonds is 2. The summed E-state index contributed by atoms with van der Waals surface area (Å²) in [6.45, 7) is 3.11. The summed E-state index contributed by atoms with van der Waals surface area (Å²) in [5.41, 5.74) is 0.667. The Morgan fingerprint density at radius 3 is 2.43 bits per heavy atom. The predicted octanol–water partition coefficient (Wildman–Crippen LogP) is 3.96. The fraction of sp³-hybridized carbons (Fsp3) is 0.267. The monoisotopic (exact) mass is 369 g/mol. The third-order valence-corrected chi connectivity index (χ3v) is 4.35. The van der Waals surface area contributed by atoms with Gasteiger partial charge in [-0.1, -0.05) is 23.7 Å². The molecule has 0 atom stereocenters. The SMILES string of the molecule is Fc1ccccc1N1CCN(c2ncc(Cl)cc2Br)CC1. The number of aromatic nitrogens is 1. The second-order valence-electron chi connectivity index (χ2n) is 4.88. The lowest BCUT2D eigenvalue weighted by molar-refractivity contribution is 0.596. The van der Waals surface area contributed by atoms with Crippen LogP contribution in [0.1, 0.15) is 0 Å². The first-order valence-electron chi connectivity index (χ1n) is 6.70. The molecular weight excluding hydrogens is 357 g/mol. The van der Waals surface area contributed by atoms with Crippen molar-refractivity contribution in [3.8, 4) is 0 Å². The highest BCUT2D eigenvalue weighted by Gasteiger charge is 2.21. The molecule has 0 saturated carbocycles. The molecule has 1 aromatic carbocycles. The van der Waals surface area contributed by atoms with Gasteiger partial charge in [0.1, 0.15) is 11.6 Å². The summed E-state index contributed by atoms with van der Waals surface area (Å²) in [7, 11) is 0. The van der Waals surface area contributed by atoms with Gasteiger partial charge in [0.05, 0.1) is 15.2 Å². The Bertz CT molecular complexity index is 645. The maximum Gasteiger partial charge on any atom is 0.146 e. The number of halogens is 3. The van der Waals surface area contributed by atoms with Gasteiger partial charge >= 0.3 is 0 Å².